The Morgan fingerprint density at radius 2 is 1.88 bits per heavy atom. The molecule has 90 valence electrons. The summed E-state index contributed by atoms with van der Waals surface area (Å²) in [5.41, 5.74) is 9.78. The molecule has 0 aliphatic heterocycles. The van der Waals surface area contributed by atoms with E-state index in [-0.39, 0.29) is 5.41 Å². The van der Waals surface area contributed by atoms with Crippen molar-refractivity contribution in [1.82, 2.24) is 4.98 Å². The van der Waals surface area contributed by atoms with Crippen LogP contribution in [0.5, 0.6) is 0 Å². The lowest BCUT2D eigenvalue weighted by atomic mass is 9.90. The van der Waals surface area contributed by atoms with Crippen LogP contribution in [-0.2, 0) is 5.41 Å². The van der Waals surface area contributed by atoms with Crippen molar-refractivity contribution in [3.8, 4) is 0 Å². The van der Waals surface area contributed by atoms with Crippen LogP contribution in [-0.4, -0.2) is 4.98 Å². The maximum Gasteiger partial charge on any atom is 0.0770 e. The molecule has 1 heterocycles. The van der Waals surface area contributed by atoms with Gasteiger partial charge in [-0.3, -0.25) is 4.98 Å². The first-order chi connectivity index (χ1) is 7.80. The van der Waals surface area contributed by atoms with Crippen LogP contribution in [0.25, 0.3) is 10.9 Å². The molecule has 2 aromatic rings. The average molecular weight is 249 g/mol. The zero-order valence-electron chi connectivity index (χ0n) is 10.6. The van der Waals surface area contributed by atoms with Crippen molar-refractivity contribution in [2.24, 2.45) is 0 Å². The van der Waals surface area contributed by atoms with Crippen molar-refractivity contribution in [1.29, 1.82) is 0 Å². The topological polar surface area (TPSA) is 38.9 Å². The number of nitrogen functional groups attached to an aromatic ring is 1. The third kappa shape index (κ3) is 2.09. The Balaban J connectivity index is 2.87. The minimum absolute atomic E-state index is 0.0168. The fourth-order valence-corrected chi connectivity index (χ4v) is 2.11. The molecule has 1 aromatic carbocycles. The van der Waals surface area contributed by atoms with E-state index in [9.17, 15) is 0 Å². The molecule has 0 unspecified atom stereocenters. The van der Waals surface area contributed by atoms with Gasteiger partial charge in [0.2, 0.25) is 0 Å². The minimum Gasteiger partial charge on any atom is -0.398 e. The number of nitrogens with zero attached hydrogens (tertiary/aromatic N) is 1. The molecule has 17 heavy (non-hydrogen) atoms. The van der Waals surface area contributed by atoms with E-state index >= 15 is 0 Å². The second-order valence-corrected chi connectivity index (χ2v) is 5.84. The predicted molar refractivity (Wildman–Crippen MR) is 74.6 cm³/mol. The Morgan fingerprint density at radius 3 is 2.47 bits per heavy atom. The molecule has 0 amide bonds. The normalized spacial score (nSPS) is 12.1. The summed E-state index contributed by atoms with van der Waals surface area (Å²) in [7, 11) is 0. The lowest BCUT2D eigenvalue weighted by molar-refractivity contribution is 0.572. The van der Waals surface area contributed by atoms with Crippen LogP contribution in [0, 0.1) is 6.92 Å². The van der Waals surface area contributed by atoms with E-state index in [4.69, 9.17) is 22.3 Å². The number of pyridine rings is 1. The molecule has 0 saturated carbocycles. The highest BCUT2D eigenvalue weighted by molar-refractivity contribution is 6.36. The largest absolute Gasteiger partial charge is 0.398 e. The van der Waals surface area contributed by atoms with Crippen molar-refractivity contribution < 1.29 is 0 Å². The fraction of sp³-hybridized carbons (Fsp3) is 0.357. The number of hydrogen-bond acceptors (Lipinski definition) is 2. The van der Waals surface area contributed by atoms with Crippen molar-refractivity contribution >= 4 is 28.2 Å². The van der Waals surface area contributed by atoms with E-state index in [1.165, 1.54) is 0 Å². The minimum atomic E-state index is -0.0168. The molecule has 0 aliphatic carbocycles. The number of nitrogens with two attached hydrogens (primary N) is 1. The average Bonchev–Trinajstić information content (AvgIpc) is 2.21. The number of anilines is 1. The second-order valence-electron chi connectivity index (χ2n) is 5.43. The number of rotatable bonds is 0. The number of halogens is 1. The molecule has 1 aromatic heterocycles. The van der Waals surface area contributed by atoms with E-state index in [2.05, 4.69) is 20.8 Å². The van der Waals surface area contributed by atoms with Crippen LogP contribution in [0.3, 0.4) is 0 Å². The van der Waals surface area contributed by atoms with Gasteiger partial charge in [0.05, 0.1) is 10.5 Å². The molecule has 2 nitrogen and oxygen atoms in total. The van der Waals surface area contributed by atoms with E-state index < -0.39 is 0 Å². The molecule has 0 fully saturated rings. The summed E-state index contributed by atoms with van der Waals surface area (Å²) in [6, 6.07) is 5.77. The van der Waals surface area contributed by atoms with E-state index in [0.29, 0.717) is 10.7 Å². The predicted octanol–water partition coefficient (Wildman–Crippen LogP) is 4.08. The Kier molecular flexibility index (Phi) is 2.78. The molecule has 0 saturated heterocycles. The highest BCUT2D eigenvalue weighted by Crippen LogP contribution is 2.33. The SMILES string of the molecule is Cc1ccc(Cl)c2c(N)cc(C(C)(C)C)nc12. The van der Waals surface area contributed by atoms with Crippen molar-refractivity contribution in [3.63, 3.8) is 0 Å². The third-order valence-electron chi connectivity index (χ3n) is 2.91. The monoisotopic (exact) mass is 248 g/mol. The van der Waals surface area contributed by atoms with Crippen LogP contribution in [0.15, 0.2) is 18.2 Å². The van der Waals surface area contributed by atoms with Gasteiger partial charge in [-0.1, -0.05) is 38.4 Å². The standard InChI is InChI=1S/C14H17ClN2/c1-8-5-6-9(15)12-10(16)7-11(14(2,3)4)17-13(8)12/h5-7H,1-4H3,(H2,16,17). The highest BCUT2D eigenvalue weighted by atomic mass is 35.5. The lowest BCUT2D eigenvalue weighted by Gasteiger charge is -2.20. The van der Waals surface area contributed by atoms with Crippen LogP contribution < -0.4 is 5.73 Å². The number of fused-ring (bicyclic) bond motifs is 1. The van der Waals surface area contributed by atoms with Crippen LogP contribution in [0.2, 0.25) is 5.02 Å². The molecule has 3 heteroatoms. The van der Waals surface area contributed by atoms with Crippen molar-refractivity contribution in [2.75, 3.05) is 5.73 Å². The Bertz CT molecular complexity index is 583. The Hall–Kier alpha value is -1.28. The first kappa shape index (κ1) is 12.2. The molecule has 0 spiro atoms. The van der Waals surface area contributed by atoms with Gasteiger partial charge in [-0.2, -0.15) is 0 Å². The van der Waals surface area contributed by atoms with E-state index in [0.717, 1.165) is 22.2 Å². The number of aromatic nitrogens is 1. The van der Waals surface area contributed by atoms with Gasteiger partial charge < -0.3 is 5.73 Å². The molecule has 0 atom stereocenters. The first-order valence-electron chi connectivity index (χ1n) is 5.66. The Morgan fingerprint density at radius 1 is 1.24 bits per heavy atom. The summed E-state index contributed by atoms with van der Waals surface area (Å²) in [5, 5.41) is 1.52. The molecule has 2 rings (SSSR count). The summed E-state index contributed by atoms with van der Waals surface area (Å²) in [6.07, 6.45) is 0. The van der Waals surface area contributed by atoms with Crippen LogP contribution in [0.4, 0.5) is 5.69 Å². The first-order valence-corrected chi connectivity index (χ1v) is 6.04. The summed E-state index contributed by atoms with van der Waals surface area (Å²) in [6.45, 7) is 8.40. The van der Waals surface area contributed by atoms with Gasteiger partial charge in [0, 0.05) is 22.2 Å². The number of aryl methyl sites for hydroxylation is 1. The van der Waals surface area contributed by atoms with Gasteiger partial charge in [-0.15, -0.1) is 0 Å². The molecule has 0 bridgehead atoms. The zero-order valence-corrected chi connectivity index (χ0v) is 11.4. The van der Waals surface area contributed by atoms with E-state index in [1.54, 1.807) is 0 Å². The fourth-order valence-electron chi connectivity index (χ4n) is 1.85. The summed E-state index contributed by atoms with van der Waals surface area (Å²) in [5.74, 6) is 0. The second kappa shape index (κ2) is 3.88. The van der Waals surface area contributed by atoms with Gasteiger partial charge in [-0.05, 0) is 24.6 Å². The maximum atomic E-state index is 6.18. The molecule has 0 radical (unpaired) electrons. The molecule has 2 N–H and O–H groups in total. The van der Waals surface area contributed by atoms with Crippen molar-refractivity contribution in [2.45, 2.75) is 33.1 Å². The summed E-state index contributed by atoms with van der Waals surface area (Å²) >= 11 is 6.18. The molecule has 0 aliphatic rings. The van der Waals surface area contributed by atoms with Gasteiger partial charge in [0.15, 0.2) is 0 Å². The molecular weight excluding hydrogens is 232 g/mol. The van der Waals surface area contributed by atoms with Gasteiger partial charge in [-0.25, -0.2) is 0 Å². The summed E-state index contributed by atoms with van der Waals surface area (Å²) < 4.78 is 0. The molecular formula is C14H17ClN2. The number of hydrogen-bond donors (Lipinski definition) is 1. The maximum absolute atomic E-state index is 6.18. The highest BCUT2D eigenvalue weighted by Gasteiger charge is 2.18. The smallest absolute Gasteiger partial charge is 0.0770 e. The Labute approximate surface area is 107 Å². The summed E-state index contributed by atoms with van der Waals surface area (Å²) in [4.78, 5) is 4.70. The third-order valence-corrected chi connectivity index (χ3v) is 3.23. The van der Waals surface area contributed by atoms with Crippen LogP contribution in [0.1, 0.15) is 32.0 Å². The lowest BCUT2D eigenvalue weighted by Crippen LogP contribution is -2.14. The number of benzene rings is 1. The zero-order chi connectivity index (χ0) is 12.8. The van der Waals surface area contributed by atoms with Crippen LogP contribution >= 0.6 is 11.6 Å². The van der Waals surface area contributed by atoms with Crippen molar-refractivity contribution in [3.05, 3.63) is 34.5 Å². The van der Waals surface area contributed by atoms with E-state index in [1.807, 2.05) is 25.1 Å². The quantitative estimate of drug-likeness (QED) is 0.763. The van der Waals surface area contributed by atoms with Gasteiger partial charge >= 0.3 is 0 Å². The van der Waals surface area contributed by atoms with Gasteiger partial charge in [0.25, 0.3) is 0 Å². The van der Waals surface area contributed by atoms with Gasteiger partial charge in [0.1, 0.15) is 0 Å².